The zero-order valence-electron chi connectivity index (χ0n) is 63.9. The van der Waals surface area contributed by atoms with E-state index in [0.29, 0.717) is 25.7 Å². The van der Waals surface area contributed by atoms with Gasteiger partial charge in [0.05, 0.1) is 26.4 Å². The fraction of sp³-hybridized carbons (Fsp3) is 0.949. The van der Waals surface area contributed by atoms with Crippen LogP contribution in [0.15, 0.2) is 0 Å². The number of phosphoric ester groups is 2. The van der Waals surface area contributed by atoms with Gasteiger partial charge >= 0.3 is 39.5 Å². The van der Waals surface area contributed by atoms with Gasteiger partial charge in [-0.25, -0.2) is 9.13 Å². The van der Waals surface area contributed by atoms with Crippen molar-refractivity contribution in [1.29, 1.82) is 0 Å². The van der Waals surface area contributed by atoms with E-state index >= 15 is 0 Å². The lowest BCUT2D eigenvalue weighted by molar-refractivity contribution is -0.161. The molecule has 0 saturated carbocycles. The van der Waals surface area contributed by atoms with Crippen molar-refractivity contribution in [2.24, 2.45) is 5.92 Å². The van der Waals surface area contributed by atoms with Crippen molar-refractivity contribution >= 4 is 39.5 Å². The molecule has 0 aromatic heterocycles. The van der Waals surface area contributed by atoms with Gasteiger partial charge in [-0.3, -0.25) is 37.3 Å². The minimum atomic E-state index is -4.96. The SMILES string of the molecule is CCCCCCCCCCCCCCCCCCCC(=O)O[C@H](COC(=O)CCCCCCCCCCCCCCCCC)COP(=O)(O)OC[C@@H](O)COP(=O)(O)OC[C@@H](COC(=O)CCCCCCCCCCC(C)CC)OC(=O)CCCCCCCCCCCCCCCC. The average Bonchev–Trinajstić information content (AvgIpc) is 1.31. The molecule has 0 aliphatic carbocycles. The molecule has 0 saturated heterocycles. The summed E-state index contributed by atoms with van der Waals surface area (Å²) in [5, 5.41) is 10.6. The maximum atomic E-state index is 13.1. The van der Waals surface area contributed by atoms with Crippen LogP contribution in [-0.4, -0.2) is 96.7 Å². The van der Waals surface area contributed by atoms with Gasteiger partial charge in [0.2, 0.25) is 0 Å². The van der Waals surface area contributed by atoms with E-state index in [1.165, 1.54) is 244 Å². The second-order valence-electron chi connectivity index (χ2n) is 28.7. The van der Waals surface area contributed by atoms with Crippen LogP contribution in [-0.2, 0) is 65.4 Å². The summed E-state index contributed by atoms with van der Waals surface area (Å²) in [6, 6.07) is 0. The summed E-state index contributed by atoms with van der Waals surface area (Å²) in [5.41, 5.74) is 0. The number of carbonyl (C=O) groups excluding carboxylic acids is 4. The van der Waals surface area contributed by atoms with Crippen LogP contribution in [0, 0.1) is 5.92 Å². The maximum absolute atomic E-state index is 13.1. The second kappa shape index (κ2) is 72.0. The maximum Gasteiger partial charge on any atom is 0.472 e. The number of unbranched alkanes of at least 4 members (excludes halogenated alkanes) is 50. The van der Waals surface area contributed by atoms with Gasteiger partial charge in [-0.1, -0.05) is 369 Å². The Morgan fingerprint density at radius 2 is 0.490 bits per heavy atom. The zero-order chi connectivity index (χ0) is 71.9. The third-order valence-electron chi connectivity index (χ3n) is 18.9. The van der Waals surface area contributed by atoms with Gasteiger partial charge in [-0.15, -0.1) is 0 Å². The lowest BCUT2D eigenvalue weighted by Gasteiger charge is -2.21. The van der Waals surface area contributed by atoms with E-state index in [2.05, 4.69) is 34.6 Å². The Kier molecular flexibility index (Phi) is 70.6. The number of phosphoric acid groups is 2. The molecular weight excluding hydrogens is 1280 g/mol. The summed E-state index contributed by atoms with van der Waals surface area (Å²) in [7, 11) is -9.92. The smallest absolute Gasteiger partial charge is 0.462 e. The van der Waals surface area contributed by atoms with E-state index in [4.69, 9.17) is 37.0 Å². The predicted molar refractivity (Wildman–Crippen MR) is 400 cm³/mol. The van der Waals surface area contributed by atoms with Crippen LogP contribution in [0.2, 0.25) is 0 Å². The van der Waals surface area contributed by atoms with Gasteiger partial charge in [0, 0.05) is 25.7 Å². The molecule has 0 fully saturated rings. The molecule has 17 nitrogen and oxygen atoms in total. The molecule has 0 bridgehead atoms. The first-order valence-corrected chi connectivity index (χ1v) is 44.2. The minimum Gasteiger partial charge on any atom is -0.462 e. The van der Waals surface area contributed by atoms with E-state index in [9.17, 15) is 43.2 Å². The van der Waals surface area contributed by atoms with Crippen molar-refractivity contribution in [1.82, 2.24) is 0 Å². The van der Waals surface area contributed by atoms with E-state index in [1.54, 1.807) is 0 Å². The Bertz CT molecular complexity index is 1880. The first-order valence-electron chi connectivity index (χ1n) is 41.2. The van der Waals surface area contributed by atoms with Gasteiger partial charge in [-0.05, 0) is 31.6 Å². The van der Waals surface area contributed by atoms with Crippen LogP contribution in [0.1, 0.15) is 420 Å². The molecule has 0 radical (unpaired) electrons. The molecule has 19 heteroatoms. The summed E-state index contributed by atoms with van der Waals surface area (Å²) in [6.07, 6.45) is 62.2. The standard InChI is InChI=1S/C79H154O17P2/c1-6-10-13-16-19-22-25-28-31-32-34-37-40-43-50-55-60-65-79(84)95-74(68-89-76(81)62-57-52-47-41-38-36-33-29-26-23-20-17-14-11-7-2)70-93-97(85,86)91-66-73(80)67-92-98(87,88)94-71-75(69-90-77(82)63-58-53-48-45-44-46-51-56-61-72(5)9-4)96-78(83)64-59-54-49-42-39-35-30-27-24-21-18-15-12-8-3/h72-75,80H,6-71H2,1-5H3,(H,85,86)(H,87,88)/t72?,73-,74-,75-/m1/s1. The number of hydrogen-bond donors (Lipinski definition) is 3. The summed E-state index contributed by atoms with van der Waals surface area (Å²) in [6.45, 7) is 7.33. The molecular formula is C79H154O17P2. The Morgan fingerprint density at radius 3 is 0.724 bits per heavy atom. The molecule has 3 N–H and O–H groups in total. The van der Waals surface area contributed by atoms with E-state index in [-0.39, 0.29) is 25.7 Å². The lowest BCUT2D eigenvalue weighted by atomic mass is 9.99. The molecule has 3 unspecified atom stereocenters. The van der Waals surface area contributed by atoms with Gasteiger partial charge < -0.3 is 33.8 Å². The number of esters is 4. The predicted octanol–water partition coefficient (Wildman–Crippen LogP) is 23.6. The first-order chi connectivity index (χ1) is 47.6. The Hall–Kier alpha value is -1.94. The summed E-state index contributed by atoms with van der Waals surface area (Å²) < 4.78 is 68.7. The zero-order valence-corrected chi connectivity index (χ0v) is 65.7. The molecule has 0 rings (SSSR count). The van der Waals surface area contributed by atoms with Crippen molar-refractivity contribution in [3.8, 4) is 0 Å². The molecule has 582 valence electrons. The van der Waals surface area contributed by atoms with Crippen LogP contribution >= 0.6 is 15.6 Å². The monoisotopic (exact) mass is 1440 g/mol. The van der Waals surface area contributed by atoms with Gasteiger partial charge in [0.1, 0.15) is 19.3 Å². The molecule has 0 aromatic carbocycles. The van der Waals surface area contributed by atoms with E-state index < -0.39 is 97.5 Å². The van der Waals surface area contributed by atoms with Crippen LogP contribution in [0.25, 0.3) is 0 Å². The fourth-order valence-electron chi connectivity index (χ4n) is 12.2. The Balaban J connectivity index is 5.26. The minimum absolute atomic E-state index is 0.108. The third-order valence-corrected chi connectivity index (χ3v) is 20.8. The van der Waals surface area contributed by atoms with Crippen molar-refractivity contribution < 1.29 is 80.2 Å². The fourth-order valence-corrected chi connectivity index (χ4v) is 13.8. The summed E-state index contributed by atoms with van der Waals surface area (Å²) >= 11 is 0. The van der Waals surface area contributed by atoms with Crippen LogP contribution < -0.4 is 0 Å². The van der Waals surface area contributed by atoms with Crippen molar-refractivity contribution in [3.05, 3.63) is 0 Å². The molecule has 0 amide bonds. The highest BCUT2D eigenvalue weighted by molar-refractivity contribution is 7.47. The second-order valence-corrected chi connectivity index (χ2v) is 31.6. The van der Waals surface area contributed by atoms with Crippen molar-refractivity contribution in [2.45, 2.75) is 438 Å². The molecule has 0 spiro atoms. The molecule has 0 aliphatic heterocycles. The molecule has 0 heterocycles. The highest BCUT2D eigenvalue weighted by Gasteiger charge is 2.30. The van der Waals surface area contributed by atoms with E-state index in [1.807, 2.05) is 0 Å². The van der Waals surface area contributed by atoms with Crippen LogP contribution in [0.4, 0.5) is 0 Å². The van der Waals surface area contributed by atoms with Crippen LogP contribution in [0.3, 0.4) is 0 Å². The quantitative estimate of drug-likeness (QED) is 0.0222. The van der Waals surface area contributed by atoms with Gasteiger partial charge in [0.15, 0.2) is 12.2 Å². The van der Waals surface area contributed by atoms with Gasteiger partial charge in [-0.2, -0.15) is 0 Å². The molecule has 0 aromatic rings. The number of carbonyl (C=O) groups is 4. The summed E-state index contributed by atoms with van der Waals surface area (Å²) in [4.78, 5) is 73.0. The number of aliphatic hydroxyl groups excluding tert-OH is 1. The van der Waals surface area contributed by atoms with Gasteiger partial charge in [0.25, 0.3) is 0 Å². The number of ether oxygens (including phenoxy) is 4. The molecule has 6 atom stereocenters. The lowest BCUT2D eigenvalue weighted by Crippen LogP contribution is -2.30. The highest BCUT2D eigenvalue weighted by Crippen LogP contribution is 2.45. The molecule has 98 heavy (non-hydrogen) atoms. The normalized spacial score (nSPS) is 14.2. The Labute approximate surface area is 600 Å². The van der Waals surface area contributed by atoms with E-state index in [0.717, 1.165) is 95.8 Å². The van der Waals surface area contributed by atoms with Crippen molar-refractivity contribution in [3.63, 3.8) is 0 Å². The topological polar surface area (TPSA) is 237 Å². The highest BCUT2D eigenvalue weighted by atomic mass is 31.2. The average molecular weight is 1440 g/mol. The largest absolute Gasteiger partial charge is 0.472 e. The molecule has 0 aliphatic rings. The first kappa shape index (κ1) is 96.1. The number of hydrogen-bond acceptors (Lipinski definition) is 15. The third kappa shape index (κ3) is 71.1. The Morgan fingerprint density at radius 1 is 0.286 bits per heavy atom. The van der Waals surface area contributed by atoms with Crippen molar-refractivity contribution in [2.75, 3.05) is 39.6 Å². The van der Waals surface area contributed by atoms with Crippen LogP contribution in [0.5, 0.6) is 0 Å². The number of aliphatic hydroxyl groups is 1. The number of rotatable bonds is 79. The summed E-state index contributed by atoms with van der Waals surface area (Å²) in [5.74, 6) is -1.33.